The average Bonchev–Trinajstić information content (AvgIpc) is 3.37. The lowest BCUT2D eigenvalue weighted by molar-refractivity contribution is -0.757. The molecule has 4 N–H and O–H groups in total. The van der Waals surface area contributed by atoms with Crippen molar-refractivity contribution in [1.82, 2.24) is 5.32 Å². The molecule has 0 radical (unpaired) electrons. The van der Waals surface area contributed by atoms with Gasteiger partial charge in [0.05, 0.1) is 31.5 Å². The fourth-order valence-electron chi connectivity index (χ4n) is 6.01. The summed E-state index contributed by atoms with van der Waals surface area (Å²) in [5.74, 6) is -0.963. The van der Waals surface area contributed by atoms with Crippen LogP contribution in [0.15, 0.2) is 66.7 Å². The Hall–Kier alpha value is -4.17. The van der Waals surface area contributed by atoms with Gasteiger partial charge in [-0.25, -0.2) is 4.79 Å². The summed E-state index contributed by atoms with van der Waals surface area (Å²) in [5, 5.41) is 43.3. The molecule has 50 heavy (non-hydrogen) atoms. The molecule has 0 bridgehead atoms. The number of ketones is 1. The summed E-state index contributed by atoms with van der Waals surface area (Å²) in [5.41, 5.74) is 1.93. The largest absolute Gasteiger partial charge is 0.425 e. The molecule has 274 valence electrons. The van der Waals surface area contributed by atoms with Gasteiger partial charge in [-0.1, -0.05) is 54.6 Å². The van der Waals surface area contributed by atoms with Crippen LogP contribution in [0, 0.1) is 22.0 Å². The van der Waals surface area contributed by atoms with E-state index in [-0.39, 0.29) is 69.2 Å². The van der Waals surface area contributed by atoms with Gasteiger partial charge in [-0.2, -0.15) is 0 Å². The Balaban J connectivity index is 1.24. The van der Waals surface area contributed by atoms with Crippen molar-refractivity contribution in [3.05, 3.63) is 88.0 Å². The summed E-state index contributed by atoms with van der Waals surface area (Å²) in [6.07, 6.45) is 7.73. The number of hydrogen-bond acceptors (Lipinski definition) is 11. The van der Waals surface area contributed by atoms with Gasteiger partial charge in [0.25, 0.3) is 5.09 Å². The van der Waals surface area contributed by atoms with Gasteiger partial charge in [0, 0.05) is 12.8 Å². The van der Waals surface area contributed by atoms with Gasteiger partial charge in [-0.15, -0.1) is 10.1 Å². The third kappa shape index (κ3) is 16.0. The molecule has 0 aromatic heterocycles. The highest BCUT2D eigenvalue weighted by Crippen LogP contribution is 2.38. The minimum atomic E-state index is -0.903. The van der Waals surface area contributed by atoms with Crippen molar-refractivity contribution in [2.75, 3.05) is 19.8 Å². The zero-order valence-corrected chi connectivity index (χ0v) is 28.4. The minimum Gasteiger partial charge on any atom is -0.425 e. The predicted molar refractivity (Wildman–Crippen MR) is 183 cm³/mol. The maximum Gasteiger partial charge on any atom is 0.330 e. The summed E-state index contributed by atoms with van der Waals surface area (Å²) in [6.45, 7) is -0.403. The molecule has 0 spiro atoms. The number of esters is 1. The maximum absolute atomic E-state index is 12.2. The number of nitrogens with one attached hydrogen (secondary N) is 1. The van der Waals surface area contributed by atoms with E-state index in [1.54, 1.807) is 24.3 Å². The lowest BCUT2D eigenvalue weighted by atomic mass is 9.85. The van der Waals surface area contributed by atoms with Gasteiger partial charge in [0.1, 0.15) is 18.9 Å². The van der Waals surface area contributed by atoms with Gasteiger partial charge >= 0.3 is 5.97 Å². The maximum atomic E-state index is 12.2. The van der Waals surface area contributed by atoms with E-state index in [9.17, 15) is 39.8 Å². The molecular formula is C37H50N2O11. The van der Waals surface area contributed by atoms with E-state index in [4.69, 9.17) is 9.47 Å². The fraction of sp³-hybridized carbons (Fsp3) is 0.541. The molecule has 1 aliphatic rings. The Kier molecular flexibility index (Phi) is 18.1. The van der Waals surface area contributed by atoms with Crippen molar-refractivity contribution in [2.24, 2.45) is 11.8 Å². The Morgan fingerprint density at radius 3 is 2.42 bits per heavy atom. The molecule has 0 unspecified atom stereocenters. The van der Waals surface area contributed by atoms with Gasteiger partial charge in [-0.05, 0) is 92.9 Å². The number of benzene rings is 2. The molecule has 3 rings (SSSR count). The van der Waals surface area contributed by atoms with Crippen LogP contribution in [0.25, 0.3) is 0 Å². The molecule has 1 saturated carbocycles. The Labute approximate surface area is 292 Å². The number of rotatable bonds is 24. The molecule has 5 atom stereocenters. The van der Waals surface area contributed by atoms with Crippen LogP contribution in [0.3, 0.4) is 0 Å². The lowest BCUT2D eigenvalue weighted by Gasteiger charge is -2.23. The van der Waals surface area contributed by atoms with Gasteiger partial charge in [0.2, 0.25) is 5.91 Å². The smallest absolute Gasteiger partial charge is 0.330 e. The highest BCUT2D eigenvalue weighted by atomic mass is 16.9. The number of ether oxygens (including phenoxy) is 2. The summed E-state index contributed by atoms with van der Waals surface area (Å²) in [7, 11) is 0. The number of carbonyl (C=O) groups is 3. The number of hydrogen-bond donors (Lipinski definition) is 4. The number of carbonyl (C=O) groups excluding carboxylic acids is 3. The molecule has 1 amide bonds. The Morgan fingerprint density at radius 2 is 1.68 bits per heavy atom. The first kappa shape index (κ1) is 40.3. The molecule has 0 saturated heterocycles. The second-order valence-corrected chi connectivity index (χ2v) is 12.6. The van der Waals surface area contributed by atoms with Crippen LogP contribution in [0.5, 0.6) is 5.75 Å². The second-order valence-electron chi connectivity index (χ2n) is 12.6. The van der Waals surface area contributed by atoms with E-state index in [0.29, 0.717) is 50.7 Å². The third-order valence-electron chi connectivity index (χ3n) is 8.73. The van der Waals surface area contributed by atoms with Crippen molar-refractivity contribution < 1.29 is 49.1 Å². The van der Waals surface area contributed by atoms with Crippen LogP contribution >= 0.6 is 0 Å². The highest BCUT2D eigenvalue weighted by Gasteiger charge is 2.40. The molecule has 13 heteroatoms. The summed E-state index contributed by atoms with van der Waals surface area (Å²) in [6, 6.07) is 16.5. The summed E-state index contributed by atoms with van der Waals surface area (Å²) in [4.78, 5) is 50.4. The van der Waals surface area contributed by atoms with Crippen LogP contribution in [0.2, 0.25) is 0 Å². The predicted octanol–water partition coefficient (Wildman–Crippen LogP) is 4.03. The first-order chi connectivity index (χ1) is 24.1. The molecule has 0 heterocycles. The molecule has 0 aliphatic heterocycles. The number of allylic oxidation sites excluding steroid dienone is 2. The number of nitrogens with zero attached hydrogens (tertiary/aromatic N) is 1. The summed E-state index contributed by atoms with van der Waals surface area (Å²) >= 11 is 0. The van der Waals surface area contributed by atoms with E-state index in [0.717, 1.165) is 12.0 Å². The molecule has 1 aliphatic carbocycles. The van der Waals surface area contributed by atoms with Crippen molar-refractivity contribution >= 4 is 17.7 Å². The van der Waals surface area contributed by atoms with E-state index < -0.39 is 29.4 Å². The quantitative estimate of drug-likeness (QED) is 0.0309. The van der Waals surface area contributed by atoms with Gasteiger partial charge < -0.3 is 34.9 Å². The first-order valence-corrected chi connectivity index (χ1v) is 17.3. The minimum absolute atomic E-state index is 0.0786. The zero-order valence-electron chi connectivity index (χ0n) is 28.4. The number of aliphatic hydroxyl groups excluding tert-OH is 3. The van der Waals surface area contributed by atoms with Crippen LogP contribution in [0.1, 0.15) is 75.3 Å². The van der Waals surface area contributed by atoms with Gasteiger partial charge in [0.15, 0.2) is 5.78 Å². The van der Waals surface area contributed by atoms with Crippen LogP contribution in [0.4, 0.5) is 0 Å². The van der Waals surface area contributed by atoms with E-state index in [2.05, 4.69) is 10.2 Å². The van der Waals surface area contributed by atoms with Gasteiger partial charge in [-0.3, -0.25) is 9.59 Å². The Bertz CT molecular complexity index is 1350. The molecule has 2 aromatic rings. The van der Waals surface area contributed by atoms with Crippen molar-refractivity contribution in [3.63, 3.8) is 0 Å². The first-order valence-electron chi connectivity index (χ1n) is 17.3. The van der Waals surface area contributed by atoms with E-state index in [1.165, 1.54) is 5.56 Å². The standard InChI is InChI=1S/C37H50N2O11/c40-29(17-14-27-9-4-3-5-10-27)18-21-33-32(34(42)23-35(33)43)12-6-1-2-7-13-36(44)38-24-37(45)50-31-19-15-28(16-20-31)25-48-26-30(41)11-8-22-49-39(46)47/h1,3-6,9-10,15-16,19-20,29,32-35,40,42-43H,2,7-8,11-14,17-18,21-26H2,(H,38,44)/b6-1-/t29-,32+,33+,34-,35+/m0/s1. The summed E-state index contributed by atoms with van der Waals surface area (Å²) < 4.78 is 10.6. The molecule has 1 fully saturated rings. The van der Waals surface area contributed by atoms with Crippen LogP contribution in [-0.2, 0) is 37.0 Å². The number of amides is 1. The van der Waals surface area contributed by atoms with Crippen molar-refractivity contribution in [3.8, 4) is 5.75 Å². The Morgan fingerprint density at radius 1 is 0.940 bits per heavy atom. The average molecular weight is 699 g/mol. The van der Waals surface area contributed by atoms with Crippen LogP contribution in [-0.4, -0.2) is 76.1 Å². The fourth-order valence-corrected chi connectivity index (χ4v) is 6.01. The molecule has 13 nitrogen and oxygen atoms in total. The van der Waals surface area contributed by atoms with Crippen LogP contribution < -0.4 is 10.1 Å². The van der Waals surface area contributed by atoms with E-state index >= 15 is 0 Å². The van der Waals surface area contributed by atoms with Crippen molar-refractivity contribution in [1.29, 1.82) is 0 Å². The van der Waals surface area contributed by atoms with E-state index in [1.807, 2.05) is 42.5 Å². The number of unbranched alkanes of at least 4 members (excludes halogenated alkanes) is 1. The number of aliphatic hydroxyl groups is 3. The molecule has 2 aromatic carbocycles. The normalized spacial score (nSPS) is 19.3. The zero-order chi connectivity index (χ0) is 36.1. The SMILES string of the molecule is O=C(CCCO[N+](=O)[O-])COCc1ccc(OC(=O)CNC(=O)CCC/C=C\C[C@@H]2[C@@H](CC[C@@H](O)CCc3ccccc3)[C@H](O)C[C@@H]2O)cc1. The number of aryl methyl sites for hydroxylation is 1. The van der Waals surface area contributed by atoms with Crippen molar-refractivity contribution in [2.45, 2.75) is 95.5 Å². The second kappa shape index (κ2) is 22.5. The molecular weight excluding hydrogens is 648 g/mol. The number of Topliss-reactive ketones (excluding diaryl/α,β-unsaturated/α-hetero) is 1. The third-order valence-corrected chi connectivity index (χ3v) is 8.73. The lowest BCUT2D eigenvalue weighted by Crippen LogP contribution is -2.31. The topological polar surface area (TPSA) is 195 Å². The monoisotopic (exact) mass is 698 g/mol. The highest BCUT2D eigenvalue weighted by molar-refractivity contribution is 5.82.